The van der Waals surface area contributed by atoms with Gasteiger partial charge in [0.25, 0.3) is 0 Å². The molecule has 0 bridgehead atoms. The molecular formula is C26H21N3O3. The lowest BCUT2D eigenvalue weighted by atomic mass is 9.98. The summed E-state index contributed by atoms with van der Waals surface area (Å²) >= 11 is 0. The number of benzene rings is 2. The van der Waals surface area contributed by atoms with Gasteiger partial charge >= 0.3 is 0 Å². The molecule has 32 heavy (non-hydrogen) atoms. The van der Waals surface area contributed by atoms with Gasteiger partial charge in [-0.05, 0) is 19.4 Å². The largest absolute Gasteiger partial charge is 0.438 e. The molecule has 0 atom stereocenters. The summed E-state index contributed by atoms with van der Waals surface area (Å²) < 4.78 is 7.79. The molecule has 0 saturated heterocycles. The average Bonchev–Trinajstić information content (AvgIpc) is 3.15. The van der Waals surface area contributed by atoms with E-state index in [1.54, 1.807) is 18.4 Å². The summed E-state index contributed by atoms with van der Waals surface area (Å²) in [4.78, 5) is 24.5. The van der Waals surface area contributed by atoms with Crippen LogP contribution in [0.25, 0.3) is 22.5 Å². The molecule has 158 valence electrons. The number of anilines is 1. The van der Waals surface area contributed by atoms with E-state index in [-0.39, 0.29) is 29.3 Å². The molecule has 2 heterocycles. The zero-order chi connectivity index (χ0) is 22.7. The van der Waals surface area contributed by atoms with E-state index >= 15 is 0 Å². The number of aromatic nitrogens is 1. The number of rotatable bonds is 5. The normalized spacial score (nSPS) is 10.5. The fraction of sp³-hybridized carbons (Fsp3) is 0.115. The Labute approximate surface area is 185 Å². The number of nitriles is 1. The highest BCUT2D eigenvalue weighted by Crippen LogP contribution is 2.41. The zero-order valence-corrected chi connectivity index (χ0v) is 17.8. The number of amides is 1. The summed E-state index contributed by atoms with van der Waals surface area (Å²) in [6.45, 7) is 3.54. The van der Waals surface area contributed by atoms with Crippen LogP contribution in [0.5, 0.6) is 0 Å². The fourth-order valence-corrected chi connectivity index (χ4v) is 3.75. The third kappa shape index (κ3) is 4.09. The van der Waals surface area contributed by atoms with Crippen molar-refractivity contribution < 1.29 is 9.21 Å². The summed E-state index contributed by atoms with van der Waals surface area (Å²) in [6, 6.07) is 24.1. The second-order valence-corrected chi connectivity index (χ2v) is 7.46. The molecular weight excluding hydrogens is 402 g/mol. The first kappa shape index (κ1) is 20.9. The van der Waals surface area contributed by atoms with Crippen LogP contribution in [0.1, 0.15) is 17.0 Å². The van der Waals surface area contributed by atoms with Gasteiger partial charge in [0.05, 0.1) is 0 Å². The molecule has 1 N–H and O–H groups in total. The molecule has 0 aliphatic carbocycles. The molecule has 1 amide bonds. The van der Waals surface area contributed by atoms with Crippen molar-refractivity contribution in [1.82, 2.24) is 4.57 Å². The summed E-state index contributed by atoms with van der Waals surface area (Å²) in [7, 11) is 0. The van der Waals surface area contributed by atoms with Gasteiger partial charge in [-0.25, -0.2) is 0 Å². The maximum Gasteiger partial charge on any atom is 0.246 e. The van der Waals surface area contributed by atoms with Gasteiger partial charge in [-0.3, -0.25) is 14.9 Å². The van der Waals surface area contributed by atoms with Crippen LogP contribution < -0.4 is 10.7 Å². The number of nitrogens with one attached hydrogen (secondary N) is 1. The van der Waals surface area contributed by atoms with Crippen molar-refractivity contribution in [1.29, 1.82) is 5.26 Å². The van der Waals surface area contributed by atoms with Crippen LogP contribution >= 0.6 is 0 Å². The van der Waals surface area contributed by atoms with Crippen molar-refractivity contribution in [2.45, 2.75) is 20.4 Å². The average molecular weight is 423 g/mol. The van der Waals surface area contributed by atoms with E-state index in [0.717, 1.165) is 11.1 Å². The van der Waals surface area contributed by atoms with Gasteiger partial charge in [0, 0.05) is 34.6 Å². The second kappa shape index (κ2) is 8.78. The smallest absolute Gasteiger partial charge is 0.246 e. The predicted molar refractivity (Wildman–Crippen MR) is 123 cm³/mol. The standard InChI is InChI=1S/C26H21N3O3/c1-17-13-21(30)14-18(2)29(17)16-23(31)28-26-22(15-27)24(19-9-5-3-6-10-19)25(32-26)20-11-7-4-8-12-20/h3-14H,16H2,1-2H3,(H,28,31). The lowest BCUT2D eigenvalue weighted by molar-refractivity contribution is -0.116. The Hall–Kier alpha value is -4.37. The fourth-order valence-electron chi connectivity index (χ4n) is 3.75. The van der Waals surface area contributed by atoms with Gasteiger partial charge < -0.3 is 8.98 Å². The van der Waals surface area contributed by atoms with Crippen molar-refractivity contribution in [3.63, 3.8) is 0 Å². The number of hydrogen-bond donors (Lipinski definition) is 1. The number of carbonyl (C=O) groups is 1. The maximum atomic E-state index is 12.9. The first-order valence-corrected chi connectivity index (χ1v) is 10.1. The van der Waals surface area contributed by atoms with E-state index in [1.165, 1.54) is 12.1 Å². The molecule has 2 aromatic heterocycles. The highest BCUT2D eigenvalue weighted by molar-refractivity contribution is 5.95. The number of furan rings is 1. The summed E-state index contributed by atoms with van der Waals surface area (Å²) in [5, 5.41) is 12.7. The third-order valence-electron chi connectivity index (χ3n) is 5.23. The van der Waals surface area contributed by atoms with E-state index in [9.17, 15) is 14.9 Å². The number of pyridine rings is 1. The summed E-state index contributed by atoms with van der Waals surface area (Å²) in [5.74, 6) is 0.259. The van der Waals surface area contributed by atoms with Crippen LogP contribution in [0.2, 0.25) is 0 Å². The van der Waals surface area contributed by atoms with Gasteiger partial charge in [-0.15, -0.1) is 0 Å². The van der Waals surface area contributed by atoms with Crippen LogP contribution in [0.15, 0.2) is 82.0 Å². The van der Waals surface area contributed by atoms with Crippen molar-refractivity contribution in [3.05, 3.63) is 100.0 Å². The van der Waals surface area contributed by atoms with E-state index in [1.807, 2.05) is 60.7 Å². The minimum atomic E-state index is -0.357. The Balaban J connectivity index is 1.75. The van der Waals surface area contributed by atoms with Gasteiger partial charge in [-0.1, -0.05) is 60.7 Å². The first-order valence-electron chi connectivity index (χ1n) is 10.1. The molecule has 4 aromatic rings. The monoisotopic (exact) mass is 423 g/mol. The summed E-state index contributed by atoms with van der Waals surface area (Å²) in [5.41, 5.74) is 3.77. The Morgan fingerprint density at radius 3 is 2.09 bits per heavy atom. The van der Waals surface area contributed by atoms with E-state index in [0.29, 0.717) is 22.7 Å². The number of nitrogens with zero attached hydrogens (tertiary/aromatic N) is 2. The van der Waals surface area contributed by atoms with Crippen LogP contribution in [-0.2, 0) is 11.3 Å². The lowest BCUT2D eigenvalue weighted by Crippen LogP contribution is -2.23. The minimum absolute atomic E-state index is 0.00907. The molecule has 0 fully saturated rings. The topological polar surface area (TPSA) is 88.0 Å². The van der Waals surface area contributed by atoms with Crippen molar-refractivity contribution >= 4 is 11.8 Å². The Morgan fingerprint density at radius 1 is 0.969 bits per heavy atom. The molecule has 4 rings (SSSR count). The Kier molecular flexibility index (Phi) is 5.73. The molecule has 2 aromatic carbocycles. The zero-order valence-electron chi connectivity index (χ0n) is 17.8. The van der Waals surface area contributed by atoms with Crippen LogP contribution in [0, 0.1) is 25.2 Å². The SMILES string of the molecule is Cc1cc(=O)cc(C)n1CC(=O)Nc1oc(-c2ccccc2)c(-c2ccccc2)c1C#N. The summed E-state index contributed by atoms with van der Waals surface area (Å²) in [6.07, 6.45) is 0. The quantitative estimate of drug-likeness (QED) is 0.494. The van der Waals surface area contributed by atoms with Gasteiger partial charge in [0.2, 0.25) is 11.8 Å². The van der Waals surface area contributed by atoms with Crippen molar-refractivity contribution in [3.8, 4) is 28.5 Å². The van der Waals surface area contributed by atoms with E-state index < -0.39 is 0 Å². The second-order valence-electron chi connectivity index (χ2n) is 7.46. The number of aryl methyl sites for hydroxylation is 2. The molecule has 6 nitrogen and oxygen atoms in total. The van der Waals surface area contributed by atoms with Gasteiger partial charge in [0.15, 0.2) is 5.43 Å². The van der Waals surface area contributed by atoms with Gasteiger partial charge in [0.1, 0.15) is 23.9 Å². The lowest BCUT2D eigenvalue weighted by Gasteiger charge is -2.13. The Morgan fingerprint density at radius 2 is 1.53 bits per heavy atom. The molecule has 0 aliphatic rings. The van der Waals surface area contributed by atoms with Crippen LogP contribution in [-0.4, -0.2) is 10.5 Å². The van der Waals surface area contributed by atoms with Gasteiger partial charge in [-0.2, -0.15) is 5.26 Å². The predicted octanol–water partition coefficient (Wildman–Crippen LogP) is 4.90. The molecule has 0 radical (unpaired) electrons. The van der Waals surface area contributed by atoms with E-state index in [4.69, 9.17) is 4.42 Å². The Bertz CT molecular complexity index is 1350. The molecule has 0 aliphatic heterocycles. The highest BCUT2D eigenvalue weighted by Gasteiger charge is 2.24. The van der Waals surface area contributed by atoms with Crippen LogP contribution in [0.3, 0.4) is 0 Å². The highest BCUT2D eigenvalue weighted by atomic mass is 16.4. The number of carbonyl (C=O) groups excluding carboxylic acids is 1. The van der Waals surface area contributed by atoms with Crippen LogP contribution in [0.4, 0.5) is 5.88 Å². The molecule has 0 spiro atoms. The molecule has 0 unspecified atom stereocenters. The first-order chi connectivity index (χ1) is 15.5. The molecule has 0 saturated carbocycles. The minimum Gasteiger partial charge on any atom is -0.438 e. The van der Waals surface area contributed by atoms with Crippen molar-refractivity contribution in [2.75, 3.05) is 5.32 Å². The number of hydrogen-bond acceptors (Lipinski definition) is 4. The third-order valence-corrected chi connectivity index (χ3v) is 5.23. The van der Waals surface area contributed by atoms with E-state index in [2.05, 4.69) is 11.4 Å². The molecule has 6 heteroatoms. The maximum absolute atomic E-state index is 12.9. The van der Waals surface area contributed by atoms with Crippen molar-refractivity contribution in [2.24, 2.45) is 0 Å².